The van der Waals surface area contributed by atoms with Crippen molar-refractivity contribution in [1.29, 1.82) is 0 Å². The Balaban J connectivity index is 2.23. The van der Waals surface area contributed by atoms with Crippen LogP contribution in [0.15, 0.2) is 30.3 Å². The van der Waals surface area contributed by atoms with E-state index in [9.17, 15) is 5.11 Å². The van der Waals surface area contributed by atoms with Gasteiger partial charge < -0.3 is 14.6 Å². The van der Waals surface area contributed by atoms with Gasteiger partial charge in [0.15, 0.2) is 6.29 Å². The van der Waals surface area contributed by atoms with Crippen molar-refractivity contribution in [3.05, 3.63) is 35.9 Å². The first-order valence-electron chi connectivity index (χ1n) is 7.51. The number of aliphatic hydroxyl groups is 1. The minimum Gasteiger partial charge on any atom is -0.379 e. The van der Waals surface area contributed by atoms with Crippen molar-refractivity contribution in [2.75, 3.05) is 13.7 Å². The highest BCUT2D eigenvalue weighted by Crippen LogP contribution is 2.16. The summed E-state index contributed by atoms with van der Waals surface area (Å²) in [5.41, 5.74) is 0.780. The normalized spacial score (nSPS) is 14.4. The molecular weight excluding hydrogens is 252 g/mol. The molecule has 0 aliphatic carbocycles. The Morgan fingerprint density at radius 3 is 2.30 bits per heavy atom. The van der Waals surface area contributed by atoms with Crippen LogP contribution in [0.4, 0.5) is 0 Å². The fourth-order valence-electron chi connectivity index (χ4n) is 2.11. The molecule has 0 radical (unpaired) electrons. The molecule has 0 saturated heterocycles. The number of unbranched alkanes of at least 4 members (excludes halogenated alkanes) is 1. The third-order valence-electron chi connectivity index (χ3n) is 3.42. The second-order valence-electron chi connectivity index (χ2n) is 5.63. The SMILES string of the molecule is CO[C@@H](CCCCC(C)C)COC(O)c1ccccc1. The Kier molecular flexibility index (Phi) is 8.51. The van der Waals surface area contributed by atoms with Crippen LogP contribution in [0, 0.1) is 5.92 Å². The molecule has 20 heavy (non-hydrogen) atoms. The third-order valence-corrected chi connectivity index (χ3v) is 3.42. The van der Waals surface area contributed by atoms with Crippen molar-refractivity contribution >= 4 is 0 Å². The molecule has 114 valence electrons. The van der Waals surface area contributed by atoms with E-state index in [4.69, 9.17) is 9.47 Å². The van der Waals surface area contributed by atoms with Gasteiger partial charge in [0.2, 0.25) is 0 Å². The maximum Gasteiger partial charge on any atom is 0.181 e. The molecule has 1 rings (SSSR count). The molecule has 1 unspecified atom stereocenters. The molecule has 0 bridgehead atoms. The second kappa shape index (κ2) is 9.92. The van der Waals surface area contributed by atoms with Gasteiger partial charge in [-0.1, -0.05) is 63.4 Å². The number of rotatable bonds is 10. The van der Waals surface area contributed by atoms with Gasteiger partial charge in [-0.05, 0) is 12.3 Å². The largest absolute Gasteiger partial charge is 0.379 e. The summed E-state index contributed by atoms with van der Waals surface area (Å²) in [5, 5.41) is 9.93. The first-order valence-corrected chi connectivity index (χ1v) is 7.51. The summed E-state index contributed by atoms with van der Waals surface area (Å²) in [6.45, 7) is 4.91. The van der Waals surface area contributed by atoms with Gasteiger partial charge in [0.1, 0.15) is 0 Å². The van der Waals surface area contributed by atoms with Gasteiger partial charge in [-0.2, -0.15) is 0 Å². The molecule has 2 atom stereocenters. The number of ether oxygens (including phenoxy) is 2. The van der Waals surface area contributed by atoms with Crippen molar-refractivity contribution in [2.45, 2.75) is 51.9 Å². The summed E-state index contributed by atoms with van der Waals surface area (Å²) in [6, 6.07) is 9.41. The average Bonchev–Trinajstić information content (AvgIpc) is 2.47. The summed E-state index contributed by atoms with van der Waals surface area (Å²) >= 11 is 0. The molecule has 0 spiro atoms. The van der Waals surface area contributed by atoms with E-state index in [2.05, 4.69) is 13.8 Å². The Bertz CT molecular complexity index is 337. The average molecular weight is 280 g/mol. The van der Waals surface area contributed by atoms with Gasteiger partial charge in [0.25, 0.3) is 0 Å². The number of methoxy groups -OCH3 is 1. The molecule has 3 heteroatoms. The van der Waals surface area contributed by atoms with E-state index >= 15 is 0 Å². The van der Waals surface area contributed by atoms with Crippen LogP contribution in [0.1, 0.15) is 51.4 Å². The molecular formula is C17H28O3. The molecule has 0 saturated carbocycles. The van der Waals surface area contributed by atoms with Crippen LogP contribution < -0.4 is 0 Å². The smallest absolute Gasteiger partial charge is 0.181 e. The number of hydrogen-bond acceptors (Lipinski definition) is 3. The molecule has 1 aromatic carbocycles. The van der Waals surface area contributed by atoms with Crippen LogP contribution in [0.25, 0.3) is 0 Å². The predicted molar refractivity (Wildman–Crippen MR) is 81.5 cm³/mol. The van der Waals surface area contributed by atoms with Crippen molar-refractivity contribution in [3.8, 4) is 0 Å². The Morgan fingerprint density at radius 1 is 1.05 bits per heavy atom. The van der Waals surface area contributed by atoms with Crippen molar-refractivity contribution < 1.29 is 14.6 Å². The van der Waals surface area contributed by atoms with Gasteiger partial charge in [0, 0.05) is 12.7 Å². The van der Waals surface area contributed by atoms with Crippen LogP contribution in [0.2, 0.25) is 0 Å². The molecule has 1 aromatic rings. The zero-order chi connectivity index (χ0) is 14.8. The topological polar surface area (TPSA) is 38.7 Å². The van der Waals surface area contributed by atoms with Crippen LogP contribution in [0.5, 0.6) is 0 Å². The number of benzene rings is 1. The lowest BCUT2D eigenvalue weighted by atomic mass is 10.0. The number of aliphatic hydroxyl groups excluding tert-OH is 1. The molecule has 0 amide bonds. The van der Waals surface area contributed by atoms with E-state index in [-0.39, 0.29) is 6.10 Å². The quantitative estimate of drug-likeness (QED) is 0.521. The third kappa shape index (κ3) is 7.04. The minimum atomic E-state index is -0.871. The van der Waals surface area contributed by atoms with Crippen LogP contribution >= 0.6 is 0 Å². The van der Waals surface area contributed by atoms with E-state index in [1.54, 1.807) is 7.11 Å². The van der Waals surface area contributed by atoms with Crippen molar-refractivity contribution in [1.82, 2.24) is 0 Å². The highest BCUT2D eigenvalue weighted by molar-refractivity contribution is 5.15. The monoisotopic (exact) mass is 280 g/mol. The van der Waals surface area contributed by atoms with Gasteiger partial charge in [-0.25, -0.2) is 0 Å². The summed E-state index contributed by atoms with van der Waals surface area (Å²) < 4.78 is 10.9. The first-order chi connectivity index (χ1) is 9.63. The fourth-order valence-corrected chi connectivity index (χ4v) is 2.11. The summed E-state index contributed by atoms with van der Waals surface area (Å²) in [6.07, 6.45) is 3.78. The zero-order valence-electron chi connectivity index (χ0n) is 12.9. The second-order valence-corrected chi connectivity index (χ2v) is 5.63. The molecule has 3 nitrogen and oxygen atoms in total. The lowest BCUT2D eigenvalue weighted by Crippen LogP contribution is -2.20. The Morgan fingerprint density at radius 2 is 1.70 bits per heavy atom. The Labute approximate surface area is 122 Å². The maximum atomic E-state index is 9.93. The number of hydrogen-bond donors (Lipinski definition) is 1. The standard InChI is InChI=1S/C17H28O3/c1-14(2)9-7-8-12-16(19-3)13-20-17(18)15-10-5-4-6-11-15/h4-6,10-11,14,16-18H,7-9,12-13H2,1-3H3/t16-,17?/m0/s1. The van der Waals surface area contributed by atoms with E-state index in [0.29, 0.717) is 6.61 Å². The zero-order valence-corrected chi connectivity index (χ0v) is 12.9. The first kappa shape index (κ1) is 17.2. The van der Waals surface area contributed by atoms with Crippen LogP contribution in [-0.2, 0) is 9.47 Å². The highest BCUT2D eigenvalue weighted by atomic mass is 16.6. The van der Waals surface area contributed by atoms with Gasteiger partial charge >= 0.3 is 0 Å². The highest BCUT2D eigenvalue weighted by Gasteiger charge is 2.12. The van der Waals surface area contributed by atoms with E-state index in [1.165, 1.54) is 12.8 Å². The van der Waals surface area contributed by atoms with Gasteiger partial charge in [-0.15, -0.1) is 0 Å². The maximum absolute atomic E-state index is 9.93. The predicted octanol–water partition coefficient (Wildman–Crippen LogP) is 3.93. The van der Waals surface area contributed by atoms with Crippen LogP contribution in [-0.4, -0.2) is 24.9 Å². The fraction of sp³-hybridized carbons (Fsp3) is 0.647. The Hall–Kier alpha value is -0.900. The lowest BCUT2D eigenvalue weighted by Gasteiger charge is -2.18. The van der Waals surface area contributed by atoms with Crippen LogP contribution in [0.3, 0.4) is 0 Å². The van der Waals surface area contributed by atoms with E-state index in [1.807, 2.05) is 30.3 Å². The molecule has 0 aliphatic heterocycles. The van der Waals surface area contributed by atoms with Crippen molar-refractivity contribution in [2.24, 2.45) is 5.92 Å². The summed E-state index contributed by atoms with van der Waals surface area (Å²) in [4.78, 5) is 0. The molecule has 1 N–H and O–H groups in total. The molecule has 0 aliphatic rings. The summed E-state index contributed by atoms with van der Waals surface area (Å²) in [7, 11) is 1.70. The lowest BCUT2D eigenvalue weighted by molar-refractivity contribution is -0.130. The van der Waals surface area contributed by atoms with Gasteiger partial charge in [0.05, 0.1) is 12.7 Å². The van der Waals surface area contributed by atoms with Gasteiger partial charge in [-0.3, -0.25) is 0 Å². The minimum absolute atomic E-state index is 0.0560. The van der Waals surface area contributed by atoms with E-state index in [0.717, 1.165) is 24.3 Å². The molecule has 0 fully saturated rings. The van der Waals surface area contributed by atoms with Crippen molar-refractivity contribution in [3.63, 3.8) is 0 Å². The molecule has 0 heterocycles. The van der Waals surface area contributed by atoms with E-state index < -0.39 is 6.29 Å². The summed E-state index contributed by atoms with van der Waals surface area (Å²) in [5.74, 6) is 0.757. The molecule has 0 aromatic heterocycles.